The zero-order chi connectivity index (χ0) is 18.8. The van der Waals surface area contributed by atoms with E-state index in [1.54, 1.807) is 30.1 Å². The fourth-order valence-corrected chi connectivity index (χ4v) is 3.94. The Bertz CT molecular complexity index is 869. The average Bonchev–Trinajstić information content (AvgIpc) is 3.18. The lowest BCUT2D eigenvalue weighted by molar-refractivity contribution is -0.128. The Morgan fingerprint density at radius 2 is 2.23 bits per heavy atom. The summed E-state index contributed by atoms with van der Waals surface area (Å²) in [5, 5.41) is 14.1. The number of rotatable bonds is 5. The van der Waals surface area contributed by atoms with Gasteiger partial charge in [-0.05, 0) is 17.7 Å². The van der Waals surface area contributed by atoms with Gasteiger partial charge in [0.25, 0.3) is 0 Å². The van der Waals surface area contributed by atoms with Crippen LogP contribution in [-0.2, 0) is 16.1 Å². The summed E-state index contributed by atoms with van der Waals surface area (Å²) in [7, 11) is 1.67. The summed E-state index contributed by atoms with van der Waals surface area (Å²) >= 11 is 7.21. The first-order valence-corrected chi connectivity index (χ1v) is 9.09. The van der Waals surface area contributed by atoms with E-state index in [4.69, 9.17) is 16.7 Å². The van der Waals surface area contributed by atoms with Crippen molar-refractivity contribution in [2.24, 2.45) is 5.92 Å². The number of halogens is 1. The number of nitrogens with one attached hydrogen (secondary N) is 1. The summed E-state index contributed by atoms with van der Waals surface area (Å²) in [6.07, 6.45) is 0.109. The van der Waals surface area contributed by atoms with Crippen molar-refractivity contribution in [3.63, 3.8) is 0 Å². The van der Waals surface area contributed by atoms with E-state index in [0.717, 1.165) is 16.9 Å². The predicted octanol–water partition coefficient (Wildman–Crippen LogP) is 2.33. The fraction of sp³-hybridized carbons (Fsp3) is 0.294. The monoisotopic (exact) mass is 393 g/mol. The molecule has 0 aliphatic carbocycles. The zero-order valence-corrected chi connectivity index (χ0v) is 15.4. The number of carbonyl (C=O) groups is 3. The van der Waals surface area contributed by atoms with Crippen LogP contribution in [0.15, 0.2) is 29.6 Å². The maximum Gasteiger partial charge on any atom is 0.355 e. The largest absolute Gasteiger partial charge is 0.476 e. The fourth-order valence-electron chi connectivity index (χ4n) is 3.04. The molecule has 1 aliphatic heterocycles. The van der Waals surface area contributed by atoms with Gasteiger partial charge in [-0.15, -0.1) is 11.3 Å². The molecule has 1 fully saturated rings. The van der Waals surface area contributed by atoms with Crippen LogP contribution in [0.4, 0.5) is 0 Å². The molecule has 3 rings (SSSR count). The third-order valence-corrected chi connectivity index (χ3v) is 5.38. The van der Waals surface area contributed by atoms with E-state index in [1.807, 2.05) is 6.07 Å². The standard InChI is InChI=1S/C17H16ClN3O4S/c1-21-14(22)6-11(15(21)9-3-2-4-10(18)5-9)16(23)19-7-13-20-12(8-26-13)17(24)25/h2-5,8,11,15H,6-7H2,1H3,(H,19,23)(H,24,25)/t11-,15-/m1/s1. The molecule has 136 valence electrons. The highest BCUT2D eigenvalue weighted by molar-refractivity contribution is 7.09. The number of carbonyl (C=O) groups excluding carboxylic acids is 2. The van der Waals surface area contributed by atoms with Gasteiger partial charge in [0.05, 0.1) is 18.5 Å². The highest BCUT2D eigenvalue weighted by atomic mass is 35.5. The molecule has 2 amide bonds. The topological polar surface area (TPSA) is 99.6 Å². The lowest BCUT2D eigenvalue weighted by Gasteiger charge is -2.25. The van der Waals surface area contributed by atoms with Crippen LogP contribution in [0.25, 0.3) is 0 Å². The molecule has 1 saturated heterocycles. The number of carboxylic acid groups (broad SMARTS) is 1. The number of aromatic nitrogens is 1. The molecular weight excluding hydrogens is 378 g/mol. The van der Waals surface area contributed by atoms with E-state index in [1.165, 1.54) is 5.38 Å². The molecule has 0 bridgehead atoms. The Kier molecular flexibility index (Phi) is 5.24. The quantitative estimate of drug-likeness (QED) is 0.812. The number of hydrogen-bond acceptors (Lipinski definition) is 5. The Morgan fingerprint density at radius 3 is 2.88 bits per heavy atom. The van der Waals surface area contributed by atoms with Crippen molar-refractivity contribution in [1.82, 2.24) is 15.2 Å². The van der Waals surface area contributed by atoms with Gasteiger partial charge in [-0.3, -0.25) is 9.59 Å². The van der Waals surface area contributed by atoms with E-state index in [0.29, 0.717) is 10.0 Å². The van der Waals surface area contributed by atoms with Crippen LogP contribution >= 0.6 is 22.9 Å². The Hall–Kier alpha value is -2.45. The second-order valence-electron chi connectivity index (χ2n) is 5.96. The minimum atomic E-state index is -1.11. The normalized spacial score (nSPS) is 19.6. The minimum Gasteiger partial charge on any atom is -0.476 e. The highest BCUT2D eigenvalue weighted by Crippen LogP contribution is 2.37. The van der Waals surface area contributed by atoms with Gasteiger partial charge < -0.3 is 15.3 Å². The van der Waals surface area contributed by atoms with Crippen molar-refractivity contribution in [2.75, 3.05) is 7.05 Å². The molecule has 9 heteroatoms. The van der Waals surface area contributed by atoms with Gasteiger partial charge in [0, 0.05) is 23.9 Å². The van der Waals surface area contributed by atoms with Gasteiger partial charge >= 0.3 is 5.97 Å². The van der Waals surface area contributed by atoms with Crippen LogP contribution in [0.5, 0.6) is 0 Å². The molecule has 0 spiro atoms. The smallest absolute Gasteiger partial charge is 0.355 e. The summed E-state index contributed by atoms with van der Waals surface area (Å²) < 4.78 is 0. The van der Waals surface area contributed by atoms with Crippen LogP contribution in [0, 0.1) is 5.92 Å². The van der Waals surface area contributed by atoms with E-state index in [-0.39, 0.29) is 30.5 Å². The highest BCUT2D eigenvalue weighted by Gasteiger charge is 2.42. The molecule has 2 heterocycles. The molecule has 0 unspecified atom stereocenters. The van der Waals surface area contributed by atoms with Crippen LogP contribution in [0.2, 0.25) is 5.02 Å². The van der Waals surface area contributed by atoms with Crippen molar-refractivity contribution in [1.29, 1.82) is 0 Å². The summed E-state index contributed by atoms with van der Waals surface area (Å²) in [6.45, 7) is 0.119. The molecule has 1 aromatic heterocycles. The zero-order valence-electron chi connectivity index (χ0n) is 13.8. The number of benzene rings is 1. The van der Waals surface area contributed by atoms with Gasteiger partial charge in [0.2, 0.25) is 11.8 Å². The van der Waals surface area contributed by atoms with Crippen LogP contribution in [-0.4, -0.2) is 39.8 Å². The van der Waals surface area contributed by atoms with Crippen molar-refractivity contribution < 1.29 is 19.5 Å². The molecule has 0 radical (unpaired) electrons. The maximum absolute atomic E-state index is 12.7. The molecule has 1 aliphatic rings. The van der Waals surface area contributed by atoms with Gasteiger partial charge in [-0.25, -0.2) is 9.78 Å². The van der Waals surface area contributed by atoms with E-state index < -0.39 is 17.9 Å². The third kappa shape index (κ3) is 3.71. The number of aromatic carboxylic acids is 1. The van der Waals surface area contributed by atoms with Crippen molar-refractivity contribution in [2.45, 2.75) is 19.0 Å². The number of thiazole rings is 1. The first-order chi connectivity index (χ1) is 12.4. The molecule has 2 aromatic rings. The molecule has 2 N–H and O–H groups in total. The Balaban J connectivity index is 1.73. The lowest BCUT2D eigenvalue weighted by Crippen LogP contribution is -2.34. The first-order valence-electron chi connectivity index (χ1n) is 7.83. The van der Waals surface area contributed by atoms with Crippen LogP contribution in [0.3, 0.4) is 0 Å². The van der Waals surface area contributed by atoms with Gasteiger partial charge in [0.1, 0.15) is 5.01 Å². The van der Waals surface area contributed by atoms with Gasteiger partial charge in [-0.2, -0.15) is 0 Å². The van der Waals surface area contributed by atoms with E-state index in [9.17, 15) is 14.4 Å². The lowest BCUT2D eigenvalue weighted by atomic mass is 9.93. The molecule has 2 atom stereocenters. The van der Waals surface area contributed by atoms with Crippen molar-refractivity contribution in [3.05, 3.63) is 50.9 Å². The summed E-state index contributed by atoms with van der Waals surface area (Å²) in [5.74, 6) is -2.05. The number of amides is 2. The molecule has 7 nitrogen and oxygen atoms in total. The average molecular weight is 394 g/mol. The van der Waals surface area contributed by atoms with Gasteiger partial charge in [-0.1, -0.05) is 23.7 Å². The number of likely N-dealkylation sites (tertiary alicyclic amines) is 1. The predicted molar refractivity (Wildman–Crippen MR) is 96.0 cm³/mol. The molecular formula is C17H16ClN3O4S. The minimum absolute atomic E-state index is 0.0492. The van der Waals surface area contributed by atoms with Crippen LogP contribution < -0.4 is 5.32 Å². The van der Waals surface area contributed by atoms with E-state index in [2.05, 4.69) is 10.3 Å². The molecule has 0 saturated carbocycles. The maximum atomic E-state index is 12.7. The Morgan fingerprint density at radius 1 is 1.46 bits per heavy atom. The second kappa shape index (κ2) is 7.43. The SMILES string of the molecule is CN1C(=O)C[C@@H](C(=O)NCc2nc(C(=O)O)cs2)[C@H]1c1cccc(Cl)c1. The number of hydrogen-bond donors (Lipinski definition) is 2. The summed E-state index contributed by atoms with van der Waals surface area (Å²) in [6, 6.07) is 6.71. The van der Waals surface area contributed by atoms with Crippen molar-refractivity contribution in [3.8, 4) is 0 Å². The third-order valence-electron chi connectivity index (χ3n) is 4.30. The number of nitrogens with zero attached hydrogens (tertiary/aromatic N) is 2. The summed E-state index contributed by atoms with van der Waals surface area (Å²) in [4.78, 5) is 41.2. The van der Waals surface area contributed by atoms with Gasteiger partial charge in [0.15, 0.2) is 5.69 Å². The number of carboxylic acids is 1. The van der Waals surface area contributed by atoms with Crippen molar-refractivity contribution >= 4 is 40.7 Å². The van der Waals surface area contributed by atoms with Crippen LogP contribution in [0.1, 0.15) is 33.5 Å². The second-order valence-corrected chi connectivity index (χ2v) is 7.34. The first kappa shape index (κ1) is 18.3. The Labute approximate surface area is 158 Å². The van der Waals surface area contributed by atoms with E-state index >= 15 is 0 Å². The molecule has 1 aromatic carbocycles. The molecule has 26 heavy (non-hydrogen) atoms. The summed E-state index contributed by atoms with van der Waals surface area (Å²) in [5.41, 5.74) is 0.750.